The molecule has 4 rings (SSSR count). The largest absolute Gasteiger partial charge is 0.396 e. The highest BCUT2D eigenvalue weighted by atomic mass is 16.5. The molecule has 0 amide bonds. The van der Waals surface area contributed by atoms with Crippen LogP contribution in [0, 0.1) is 25.2 Å². The normalized spacial score (nSPS) is 21.4. The Bertz CT molecular complexity index is 993. The first kappa shape index (κ1) is 25.1. The Balaban J connectivity index is 1.49. The third-order valence-corrected chi connectivity index (χ3v) is 7.57. The van der Waals surface area contributed by atoms with Crippen molar-refractivity contribution in [3.63, 3.8) is 0 Å². The van der Waals surface area contributed by atoms with Crippen LogP contribution in [0.25, 0.3) is 0 Å². The summed E-state index contributed by atoms with van der Waals surface area (Å²) in [6.45, 7) is 11.0. The highest BCUT2D eigenvalue weighted by Gasteiger charge is 2.42. The molecule has 2 aliphatic carbocycles. The Hall–Kier alpha value is -2.01. The van der Waals surface area contributed by atoms with E-state index >= 15 is 0 Å². The van der Waals surface area contributed by atoms with Crippen molar-refractivity contribution in [3.05, 3.63) is 46.1 Å². The lowest BCUT2D eigenvalue weighted by Gasteiger charge is -2.38. The van der Waals surface area contributed by atoms with Crippen molar-refractivity contribution < 1.29 is 14.4 Å². The molecule has 186 valence electrons. The van der Waals surface area contributed by atoms with Crippen LogP contribution in [0.15, 0.2) is 16.7 Å². The van der Waals surface area contributed by atoms with E-state index in [1.165, 1.54) is 37.7 Å². The van der Waals surface area contributed by atoms with Crippen molar-refractivity contribution in [3.8, 4) is 0 Å². The number of aliphatic hydroxyl groups excluding tert-OH is 1. The smallest absolute Gasteiger partial charge is 0.143 e. The molecule has 5 heteroatoms. The lowest BCUT2D eigenvalue weighted by Crippen LogP contribution is -2.26. The van der Waals surface area contributed by atoms with Crippen LogP contribution >= 0.6 is 0 Å². The quantitative estimate of drug-likeness (QED) is 0.406. The number of ketones is 1. The molecule has 0 unspecified atom stereocenters. The Labute approximate surface area is 204 Å². The van der Waals surface area contributed by atoms with Crippen LogP contribution in [0.1, 0.15) is 124 Å². The lowest BCUT2D eigenvalue weighted by atomic mass is 9.66. The second-order valence-electron chi connectivity index (χ2n) is 12.1. The number of nitrogens with zero attached hydrogens (tertiary/aromatic N) is 2. The van der Waals surface area contributed by atoms with Crippen LogP contribution in [0.5, 0.6) is 0 Å². The first-order valence-electron chi connectivity index (χ1n) is 13.2. The van der Waals surface area contributed by atoms with Crippen LogP contribution in [0.2, 0.25) is 0 Å². The van der Waals surface area contributed by atoms with Gasteiger partial charge in [-0.2, -0.15) is 0 Å². The predicted molar refractivity (Wildman–Crippen MR) is 134 cm³/mol. The summed E-state index contributed by atoms with van der Waals surface area (Å²) in [5.41, 5.74) is 5.57. The highest BCUT2D eigenvalue weighted by Crippen LogP contribution is 2.53. The molecule has 0 aliphatic heterocycles. The average Bonchev–Trinajstić information content (AvgIpc) is 3.48. The molecule has 0 spiro atoms. The Morgan fingerprint density at radius 1 is 1.18 bits per heavy atom. The van der Waals surface area contributed by atoms with E-state index in [4.69, 9.17) is 4.52 Å². The lowest BCUT2D eigenvalue weighted by molar-refractivity contribution is -0.118. The number of Topliss-reactive ketones (excluding diaryl/α,β-unsaturated/α-hetero) is 1. The van der Waals surface area contributed by atoms with Gasteiger partial charge in [0.05, 0.1) is 5.69 Å². The maximum atomic E-state index is 13.1. The molecule has 0 bridgehead atoms. The van der Waals surface area contributed by atoms with Gasteiger partial charge in [-0.15, -0.1) is 0 Å². The van der Waals surface area contributed by atoms with E-state index in [2.05, 4.69) is 30.9 Å². The molecule has 0 saturated heterocycles. The molecular formula is C29H42N2O3. The molecule has 0 aromatic carbocycles. The van der Waals surface area contributed by atoms with Crippen molar-refractivity contribution >= 4 is 5.78 Å². The number of pyridine rings is 1. The zero-order chi connectivity index (χ0) is 24.5. The number of carbonyl (C=O) groups is 1. The second-order valence-corrected chi connectivity index (χ2v) is 12.1. The molecule has 2 aromatic heterocycles. The number of aryl methyl sites for hydroxylation is 2. The Morgan fingerprint density at radius 2 is 1.91 bits per heavy atom. The van der Waals surface area contributed by atoms with E-state index in [1.54, 1.807) is 0 Å². The summed E-state index contributed by atoms with van der Waals surface area (Å²) < 4.78 is 6.04. The van der Waals surface area contributed by atoms with Gasteiger partial charge in [-0.1, -0.05) is 32.0 Å². The summed E-state index contributed by atoms with van der Waals surface area (Å²) in [7, 11) is 0. The Kier molecular flexibility index (Phi) is 7.61. The number of rotatable bonds is 11. The van der Waals surface area contributed by atoms with Crippen molar-refractivity contribution in [1.29, 1.82) is 0 Å². The number of aromatic nitrogens is 2. The topological polar surface area (TPSA) is 76.2 Å². The molecule has 2 aliphatic rings. The van der Waals surface area contributed by atoms with Crippen LogP contribution in [-0.2, 0) is 11.2 Å². The zero-order valence-corrected chi connectivity index (χ0v) is 21.7. The van der Waals surface area contributed by atoms with E-state index in [9.17, 15) is 9.90 Å². The minimum absolute atomic E-state index is 0.0110. The number of hydrogen-bond donors (Lipinski definition) is 1. The van der Waals surface area contributed by atoms with Crippen LogP contribution in [0.3, 0.4) is 0 Å². The Morgan fingerprint density at radius 3 is 2.53 bits per heavy atom. The molecule has 34 heavy (non-hydrogen) atoms. The fourth-order valence-corrected chi connectivity index (χ4v) is 5.81. The standard InChI is InChI=1S/C29H42N2O3/c1-18-8-9-22(19(2)30-18)15-25(33)16-23(7-6-12-32)27-26(21-10-11-21)28(34-31-27)24-13-20(14-24)17-29(3,4)5/h8-9,20-21,23-24,32H,6-7,10-17H2,1-5H3/t20?,23-,24?/m0/s1. The molecule has 0 radical (unpaired) electrons. The summed E-state index contributed by atoms with van der Waals surface area (Å²) in [5.74, 6) is 3.09. The molecule has 2 saturated carbocycles. The molecule has 2 aromatic rings. The van der Waals surface area contributed by atoms with Gasteiger partial charge >= 0.3 is 0 Å². The monoisotopic (exact) mass is 466 g/mol. The van der Waals surface area contributed by atoms with E-state index in [0.717, 1.165) is 40.7 Å². The fourth-order valence-electron chi connectivity index (χ4n) is 5.81. The van der Waals surface area contributed by atoms with Crippen LogP contribution < -0.4 is 0 Å². The van der Waals surface area contributed by atoms with Crippen molar-refractivity contribution in [2.45, 2.75) is 110 Å². The zero-order valence-electron chi connectivity index (χ0n) is 21.7. The van der Waals surface area contributed by atoms with Gasteiger partial charge in [-0.05, 0) is 87.7 Å². The number of aliphatic hydroxyl groups is 1. The molecule has 2 heterocycles. The van der Waals surface area contributed by atoms with Gasteiger partial charge in [0.2, 0.25) is 0 Å². The maximum absolute atomic E-state index is 13.1. The summed E-state index contributed by atoms with van der Waals surface area (Å²) in [6, 6.07) is 3.99. The van der Waals surface area contributed by atoms with Gasteiger partial charge in [0.15, 0.2) is 0 Å². The van der Waals surface area contributed by atoms with Gasteiger partial charge < -0.3 is 9.63 Å². The highest BCUT2D eigenvalue weighted by molar-refractivity contribution is 5.82. The van der Waals surface area contributed by atoms with Crippen molar-refractivity contribution in [1.82, 2.24) is 10.1 Å². The van der Waals surface area contributed by atoms with E-state index in [1.807, 2.05) is 26.0 Å². The van der Waals surface area contributed by atoms with Crippen molar-refractivity contribution in [2.75, 3.05) is 6.61 Å². The molecule has 1 atom stereocenters. The minimum Gasteiger partial charge on any atom is -0.396 e. The molecule has 5 nitrogen and oxygen atoms in total. The van der Waals surface area contributed by atoms with Crippen LogP contribution in [-0.4, -0.2) is 27.6 Å². The summed E-state index contributed by atoms with van der Waals surface area (Å²) in [6.07, 6.45) is 8.28. The summed E-state index contributed by atoms with van der Waals surface area (Å²) in [5, 5.41) is 14.1. The molecule has 2 fully saturated rings. The van der Waals surface area contributed by atoms with Gasteiger partial charge in [0.1, 0.15) is 11.5 Å². The van der Waals surface area contributed by atoms with E-state index in [-0.39, 0.29) is 18.3 Å². The second kappa shape index (κ2) is 10.3. The summed E-state index contributed by atoms with van der Waals surface area (Å²) >= 11 is 0. The van der Waals surface area contributed by atoms with Crippen molar-refractivity contribution in [2.24, 2.45) is 11.3 Å². The number of carbonyl (C=O) groups excluding carboxylic acids is 1. The SMILES string of the molecule is Cc1ccc(CC(=O)C[C@H](CCCO)c2noc(C3CC(CC(C)(C)C)C3)c2C2CC2)c(C)n1. The van der Waals surface area contributed by atoms with Gasteiger partial charge in [-0.25, -0.2) is 0 Å². The number of hydrogen-bond acceptors (Lipinski definition) is 5. The summed E-state index contributed by atoms with van der Waals surface area (Å²) in [4.78, 5) is 17.6. The molecule has 1 N–H and O–H groups in total. The van der Waals surface area contributed by atoms with Gasteiger partial charge in [0, 0.05) is 48.2 Å². The predicted octanol–water partition coefficient (Wildman–Crippen LogP) is 6.55. The van der Waals surface area contributed by atoms with Crippen LogP contribution in [0.4, 0.5) is 0 Å². The van der Waals surface area contributed by atoms with Gasteiger partial charge in [0.25, 0.3) is 0 Å². The third-order valence-electron chi connectivity index (χ3n) is 7.57. The maximum Gasteiger partial charge on any atom is 0.143 e. The van der Waals surface area contributed by atoms with E-state index < -0.39 is 0 Å². The molecular weight excluding hydrogens is 424 g/mol. The first-order valence-corrected chi connectivity index (χ1v) is 13.2. The van der Waals surface area contributed by atoms with Gasteiger partial charge in [-0.3, -0.25) is 9.78 Å². The fraction of sp³-hybridized carbons (Fsp3) is 0.690. The van der Waals surface area contributed by atoms with E-state index in [0.29, 0.717) is 36.5 Å². The average molecular weight is 467 g/mol. The third kappa shape index (κ3) is 6.16. The minimum atomic E-state index is 0.0110. The first-order chi connectivity index (χ1) is 16.1.